The molecule has 0 saturated carbocycles. The average molecular weight is 317 g/mol. The molecule has 1 aromatic carbocycles. The van der Waals surface area contributed by atoms with Gasteiger partial charge in [-0.2, -0.15) is 0 Å². The van der Waals surface area contributed by atoms with E-state index in [4.69, 9.17) is 0 Å². The number of amides is 1. The SMILES string of the molecule is CC1CC(C)N2NCC(C(=O)Nc3ccc(N(C)C)cc3)C2N1. The molecule has 4 atom stereocenters. The lowest BCUT2D eigenvalue weighted by Crippen LogP contribution is -2.60. The average Bonchev–Trinajstić information content (AvgIpc) is 2.91. The van der Waals surface area contributed by atoms with Gasteiger partial charge in [0.2, 0.25) is 5.91 Å². The predicted octanol–water partition coefficient (Wildman–Crippen LogP) is 1.22. The Morgan fingerprint density at radius 3 is 2.61 bits per heavy atom. The molecule has 2 saturated heterocycles. The van der Waals surface area contributed by atoms with E-state index in [1.54, 1.807) is 0 Å². The minimum absolute atomic E-state index is 0.0646. The Labute approximate surface area is 138 Å². The summed E-state index contributed by atoms with van der Waals surface area (Å²) in [4.78, 5) is 14.7. The van der Waals surface area contributed by atoms with Gasteiger partial charge in [0.25, 0.3) is 0 Å². The van der Waals surface area contributed by atoms with E-state index in [0.717, 1.165) is 17.8 Å². The first-order valence-corrected chi connectivity index (χ1v) is 8.32. The molecule has 2 aliphatic heterocycles. The lowest BCUT2D eigenvalue weighted by molar-refractivity contribution is -0.121. The van der Waals surface area contributed by atoms with Crippen LogP contribution in [0.25, 0.3) is 0 Å². The highest BCUT2D eigenvalue weighted by Crippen LogP contribution is 2.25. The summed E-state index contributed by atoms with van der Waals surface area (Å²) in [5.74, 6) is -0.0230. The first kappa shape index (κ1) is 16.2. The van der Waals surface area contributed by atoms with Crippen molar-refractivity contribution in [3.63, 3.8) is 0 Å². The maximum absolute atomic E-state index is 12.7. The molecular weight excluding hydrogens is 290 g/mol. The second-order valence-electron chi connectivity index (χ2n) is 6.90. The van der Waals surface area contributed by atoms with E-state index in [9.17, 15) is 4.79 Å². The maximum atomic E-state index is 12.7. The fourth-order valence-electron chi connectivity index (χ4n) is 3.53. The molecule has 2 heterocycles. The first-order chi connectivity index (χ1) is 11.0. The van der Waals surface area contributed by atoms with E-state index < -0.39 is 0 Å². The minimum atomic E-state index is -0.0891. The highest BCUT2D eigenvalue weighted by molar-refractivity contribution is 5.93. The predicted molar refractivity (Wildman–Crippen MR) is 93.2 cm³/mol. The van der Waals surface area contributed by atoms with E-state index in [-0.39, 0.29) is 18.0 Å². The van der Waals surface area contributed by atoms with Gasteiger partial charge in [-0.15, -0.1) is 0 Å². The number of hydrazine groups is 1. The van der Waals surface area contributed by atoms with Gasteiger partial charge in [0, 0.05) is 44.1 Å². The van der Waals surface area contributed by atoms with Crippen LogP contribution in [0.15, 0.2) is 24.3 Å². The normalized spacial score (nSPS) is 30.8. The van der Waals surface area contributed by atoms with Crippen LogP contribution in [0.3, 0.4) is 0 Å². The Morgan fingerprint density at radius 1 is 1.26 bits per heavy atom. The van der Waals surface area contributed by atoms with Crippen LogP contribution in [0.5, 0.6) is 0 Å². The van der Waals surface area contributed by atoms with Crippen LogP contribution in [0, 0.1) is 5.92 Å². The summed E-state index contributed by atoms with van der Waals surface area (Å²) in [6, 6.07) is 8.80. The standard InChI is InChI=1S/C17H27N5O/c1-11-9-12(2)22-16(19-11)15(10-18-22)17(23)20-13-5-7-14(8-6-13)21(3)4/h5-8,11-12,15-16,18-19H,9-10H2,1-4H3,(H,20,23). The van der Waals surface area contributed by atoms with Crippen molar-refractivity contribution >= 4 is 17.3 Å². The molecule has 126 valence electrons. The smallest absolute Gasteiger partial charge is 0.231 e. The summed E-state index contributed by atoms with van der Waals surface area (Å²) >= 11 is 0. The zero-order valence-corrected chi connectivity index (χ0v) is 14.3. The highest BCUT2D eigenvalue weighted by Gasteiger charge is 2.44. The van der Waals surface area contributed by atoms with Gasteiger partial charge in [-0.05, 0) is 44.5 Å². The quantitative estimate of drug-likeness (QED) is 0.783. The second kappa shape index (κ2) is 6.47. The summed E-state index contributed by atoms with van der Waals surface area (Å²) < 4.78 is 0. The van der Waals surface area contributed by atoms with E-state index in [1.165, 1.54) is 0 Å². The molecule has 1 amide bonds. The molecule has 23 heavy (non-hydrogen) atoms. The largest absolute Gasteiger partial charge is 0.378 e. The summed E-state index contributed by atoms with van der Waals surface area (Å²) in [6.07, 6.45) is 1.15. The zero-order valence-electron chi connectivity index (χ0n) is 14.3. The summed E-state index contributed by atoms with van der Waals surface area (Å²) in [7, 11) is 4.01. The van der Waals surface area contributed by atoms with Crippen LogP contribution in [0.4, 0.5) is 11.4 Å². The molecule has 1 aromatic rings. The molecule has 3 N–H and O–H groups in total. The van der Waals surface area contributed by atoms with Gasteiger partial charge in [-0.3, -0.25) is 15.5 Å². The summed E-state index contributed by atoms with van der Waals surface area (Å²) in [5, 5.41) is 8.79. The van der Waals surface area contributed by atoms with Gasteiger partial charge in [0.15, 0.2) is 0 Å². The van der Waals surface area contributed by atoms with Crippen molar-refractivity contribution in [1.82, 2.24) is 15.8 Å². The van der Waals surface area contributed by atoms with Crippen LogP contribution >= 0.6 is 0 Å². The lowest BCUT2D eigenvalue weighted by atomic mass is 9.99. The van der Waals surface area contributed by atoms with Crippen molar-refractivity contribution in [1.29, 1.82) is 0 Å². The number of carbonyl (C=O) groups is 1. The highest BCUT2D eigenvalue weighted by atomic mass is 16.2. The minimum Gasteiger partial charge on any atom is -0.378 e. The molecule has 0 radical (unpaired) electrons. The number of anilines is 2. The van der Waals surface area contributed by atoms with Crippen LogP contribution in [-0.4, -0.2) is 49.8 Å². The lowest BCUT2D eigenvalue weighted by Gasteiger charge is -2.40. The zero-order chi connectivity index (χ0) is 16.6. The Bertz CT molecular complexity index is 559. The third-order valence-electron chi connectivity index (χ3n) is 4.79. The molecule has 0 aromatic heterocycles. The summed E-state index contributed by atoms with van der Waals surface area (Å²) in [5.41, 5.74) is 5.34. The fraction of sp³-hybridized carbons (Fsp3) is 0.588. The monoisotopic (exact) mass is 317 g/mol. The van der Waals surface area contributed by atoms with E-state index >= 15 is 0 Å². The number of nitrogens with zero attached hydrogens (tertiary/aromatic N) is 2. The number of fused-ring (bicyclic) bond motifs is 1. The number of hydrogen-bond acceptors (Lipinski definition) is 5. The number of benzene rings is 1. The molecule has 0 bridgehead atoms. The molecule has 2 aliphatic rings. The van der Waals surface area contributed by atoms with Crippen molar-refractivity contribution < 1.29 is 4.79 Å². The second-order valence-corrected chi connectivity index (χ2v) is 6.90. The number of nitrogens with one attached hydrogen (secondary N) is 3. The van der Waals surface area contributed by atoms with Crippen LogP contribution in [0.2, 0.25) is 0 Å². The molecule has 0 spiro atoms. The summed E-state index contributed by atoms with van der Waals surface area (Å²) in [6.45, 7) is 5.06. The molecular formula is C17H27N5O. The Hall–Kier alpha value is -1.63. The fourth-order valence-corrected chi connectivity index (χ4v) is 3.53. The molecule has 2 fully saturated rings. The number of carbonyl (C=O) groups excluding carboxylic acids is 1. The van der Waals surface area contributed by atoms with Gasteiger partial charge in [-0.25, -0.2) is 5.01 Å². The van der Waals surface area contributed by atoms with Gasteiger partial charge in [0.05, 0.1) is 12.1 Å². The number of hydrogen-bond donors (Lipinski definition) is 3. The number of rotatable bonds is 3. The van der Waals surface area contributed by atoms with Gasteiger partial charge >= 0.3 is 0 Å². The van der Waals surface area contributed by atoms with E-state index in [2.05, 4.69) is 34.9 Å². The Morgan fingerprint density at radius 2 is 1.96 bits per heavy atom. The van der Waals surface area contributed by atoms with E-state index in [1.807, 2.05) is 43.3 Å². The van der Waals surface area contributed by atoms with Gasteiger partial charge in [-0.1, -0.05) is 0 Å². The van der Waals surface area contributed by atoms with Crippen molar-refractivity contribution in [2.24, 2.45) is 5.92 Å². The van der Waals surface area contributed by atoms with Crippen molar-refractivity contribution in [2.45, 2.75) is 38.5 Å². The van der Waals surface area contributed by atoms with Crippen molar-refractivity contribution in [3.8, 4) is 0 Å². The third kappa shape index (κ3) is 3.34. The maximum Gasteiger partial charge on any atom is 0.231 e. The van der Waals surface area contributed by atoms with Crippen LogP contribution < -0.4 is 21.0 Å². The van der Waals surface area contributed by atoms with Crippen molar-refractivity contribution in [3.05, 3.63) is 24.3 Å². The molecule has 4 unspecified atom stereocenters. The molecule has 6 heteroatoms. The van der Waals surface area contributed by atoms with Gasteiger partial charge < -0.3 is 10.2 Å². The van der Waals surface area contributed by atoms with Crippen LogP contribution in [0.1, 0.15) is 20.3 Å². The third-order valence-corrected chi connectivity index (χ3v) is 4.79. The van der Waals surface area contributed by atoms with Crippen molar-refractivity contribution in [2.75, 3.05) is 30.9 Å². The van der Waals surface area contributed by atoms with E-state index in [0.29, 0.717) is 18.6 Å². The Kier molecular flexibility index (Phi) is 4.57. The molecule has 6 nitrogen and oxygen atoms in total. The van der Waals surface area contributed by atoms with Crippen LogP contribution in [-0.2, 0) is 4.79 Å². The molecule has 3 rings (SSSR count). The topological polar surface area (TPSA) is 59.6 Å². The first-order valence-electron chi connectivity index (χ1n) is 8.32. The molecule has 0 aliphatic carbocycles. The Balaban J connectivity index is 1.66. The van der Waals surface area contributed by atoms with Gasteiger partial charge in [0.1, 0.15) is 0 Å².